The molecule has 6 bridgehead atoms. The van der Waals surface area contributed by atoms with Crippen LogP contribution in [0.5, 0.6) is 0 Å². The van der Waals surface area contributed by atoms with Crippen molar-refractivity contribution in [2.75, 3.05) is 20.3 Å². The number of amides is 2. The molecule has 9 rings (SSSR count). The maximum atomic E-state index is 15.4. The number of esters is 1. The maximum Gasteiger partial charge on any atom is 0.325 e. The predicted octanol–water partition coefficient (Wildman–Crippen LogP) is 6.45. The highest BCUT2D eigenvalue weighted by Crippen LogP contribution is 2.60. The molecular formula is C42H48F2N6O5S. The van der Waals surface area contributed by atoms with Gasteiger partial charge < -0.3 is 19.4 Å². The number of alkyl halides is 2. The van der Waals surface area contributed by atoms with E-state index in [9.17, 15) is 14.4 Å². The van der Waals surface area contributed by atoms with E-state index in [2.05, 4.69) is 46.5 Å². The Morgan fingerprint density at radius 2 is 1.98 bits per heavy atom. The molecule has 11 nitrogen and oxygen atoms in total. The van der Waals surface area contributed by atoms with Crippen molar-refractivity contribution in [3.8, 4) is 22.5 Å². The first-order valence-electron chi connectivity index (χ1n) is 19.7. The number of cyclic esters (lactones) is 1. The highest BCUT2D eigenvalue weighted by atomic mass is 32.1. The van der Waals surface area contributed by atoms with Crippen LogP contribution >= 0.6 is 11.3 Å². The highest BCUT2D eigenvalue weighted by molar-refractivity contribution is 7.10. The molecule has 2 amide bonds. The molecular weight excluding hydrogens is 739 g/mol. The Bertz CT molecular complexity index is 2270. The second-order valence-electron chi connectivity index (χ2n) is 17.4. The highest BCUT2D eigenvalue weighted by Gasteiger charge is 2.75. The molecule has 56 heavy (non-hydrogen) atoms. The number of benzene rings is 1. The van der Waals surface area contributed by atoms with Crippen LogP contribution in [-0.2, 0) is 42.2 Å². The summed E-state index contributed by atoms with van der Waals surface area (Å²) in [6.07, 6.45) is 3.87. The summed E-state index contributed by atoms with van der Waals surface area (Å²) >= 11 is 1.44. The average molecular weight is 787 g/mol. The van der Waals surface area contributed by atoms with Crippen molar-refractivity contribution < 1.29 is 32.6 Å². The second kappa shape index (κ2) is 13.1. The van der Waals surface area contributed by atoms with E-state index >= 15 is 8.78 Å². The molecule has 3 saturated carbocycles. The van der Waals surface area contributed by atoms with E-state index in [0.717, 1.165) is 56.1 Å². The van der Waals surface area contributed by atoms with Crippen LogP contribution in [0.15, 0.2) is 41.9 Å². The first-order chi connectivity index (χ1) is 26.7. The number of carbonyl (C=O) groups excluding carboxylic acids is 3. The van der Waals surface area contributed by atoms with E-state index in [4.69, 9.17) is 19.4 Å². The van der Waals surface area contributed by atoms with Crippen LogP contribution in [0.25, 0.3) is 33.4 Å². The van der Waals surface area contributed by atoms with Crippen LogP contribution < -0.4 is 10.7 Å². The molecule has 7 atom stereocenters. The summed E-state index contributed by atoms with van der Waals surface area (Å²) in [4.78, 5) is 51.9. The Balaban J connectivity index is 1.21. The third-order valence-corrected chi connectivity index (χ3v) is 14.0. The van der Waals surface area contributed by atoms with Gasteiger partial charge >= 0.3 is 5.97 Å². The summed E-state index contributed by atoms with van der Waals surface area (Å²) in [7, 11) is 1.66. The Labute approximate surface area is 328 Å². The Morgan fingerprint density at radius 1 is 1.21 bits per heavy atom. The molecule has 0 radical (unpaired) electrons. The molecule has 1 aromatic carbocycles. The molecule has 1 saturated heterocycles. The lowest BCUT2D eigenvalue weighted by Crippen LogP contribution is -2.63. The molecule has 2 aliphatic heterocycles. The zero-order valence-electron chi connectivity index (χ0n) is 32.5. The van der Waals surface area contributed by atoms with Gasteiger partial charge in [-0.3, -0.25) is 24.4 Å². The van der Waals surface area contributed by atoms with Gasteiger partial charge in [-0.25, -0.2) is 19.2 Å². The second-order valence-corrected chi connectivity index (χ2v) is 18.2. The largest absolute Gasteiger partial charge is 0.464 e. The molecule has 3 aliphatic carbocycles. The van der Waals surface area contributed by atoms with E-state index in [1.165, 1.54) is 11.3 Å². The number of fused-ring (bicyclic) bond motifs is 9. The molecule has 14 heteroatoms. The summed E-state index contributed by atoms with van der Waals surface area (Å²) in [5, 5.41) is 7.91. The molecule has 7 unspecified atom stereocenters. The van der Waals surface area contributed by atoms with E-state index in [-0.39, 0.29) is 37.0 Å². The van der Waals surface area contributed by atoms with E-state index < -0.39 is 52.5 Å². The Kier molecular flexibility index (Phi) is 8.75. The van der Waals surface area contributed by atoms with Gasteiger partial charge in [0.2, 0.25) is 5.91 Å². The SMILES string of the molecule is CCn1c(-c2cccnc2C(C)OC)c2c3cc(ccc31)-c1csc(n1)C1(CC1)C(NC(=O)C1CC1C)C(=O)N1CC3C(C(N1)C(=O)OCC(C)(C)C2)C3(F)F. The minimum Gasteiger partial charge on any atom is -0.464 e. The summed E-state index contributed by atoms with van der Waals surface area (Å²) in [6, 6.07) is 7.84. The molecule has 296 valence electrons. The van der Waals surface area contributed by atoms with E-state index in [0.29, 0.717) is 30.8 Å². The smallest absolute Gasteiger partial charge is 0.325 e. The minimum atomic E-state index is -3.15. The van der Waals surface area contributed by atoms with Gasteiger partial charge in [0.15, 0.2) is 0 Å². The fraction of sp³-hybridized carbons (Fsp3) is 0.548. The number of pyridine rings is 1. The number of hydrogen-bond acceptors (Lipinski definition) is 9. The monoisotopic (exact) mass is 786 g/mol. The first-order valence-corrected chi connectivity index (χ1v) is 20.6. The van der Waals surface area contributed by atoms with Crippen molar-refractivity contribution in [1.82, 2.24) is 30.3 Å². The molecule has 4 aromatic rings. The topological polar surface area (TPSA) is 128 Å². The van der Waals surface area contributed by atoms with Crippen LogP contribution in [0.1, 0.15) is 76.3 Å². The van der Waals surface area contributed by atoms with E-state index in [1.54, 1.807) is 13.3 Å². The Morgan fingerprint density at radius 3 is 2.68 bits per heavy atom. The van der Waals surface area contributed by atoms with Crippen LogP contribution in [0.2, 0.25) is 0 Å². The van der Waals surface area contributed by atoms with Crippen molar-refractivity contribution in [3.63, 3.8) is 0 Å². The van der Waals surface area contributed by atoms with Crippen LogP contribution in [-0.4, -0.2) is 75.6 Å². The number of ether oxygens (including phenoxy) is 2. The predicted molar refractivity (Wildman–Crippen MR) is 206 cm³/mol. The van der Waals surface area contributed by atoms with Gasteiger partial charge in [-0.15, -0.1) is 11.3 Å². The molecule has 2 N–H and O–H groups in total. The zero-order valence-corrected chi connectivity index (χ0v) is 33.3. The summed E-state index contributed by atoms with van der Waals surface area (Å²) in [6.45, 7) is 10.4. The van der Waals surface area contributed by atoms with Gasteiger partial charge in [0, 0.05) is 65.1 Å². The minimum absolute atomic E-state index is 0.0516. The van der Waals surface area contributed by atoms with Crippen molar-refractivity contribution in [2.45, 2.75) is 96.4 Å². The molecule has 3 aromatic heterocycles. The van der Waals surface area contributed by atoms with Gasteiger partial charge in [0.05, 0.1) is 47.0 Å². The van der Waals surface area contributed by atoms with Crippen molar-refractivity contribution in [3.05, 3.63) is 58.2 Å². The van der Waals surface area contributed by atoms with Crippen LogP contribution in [0.4, 0.5) is 8.78 Å². The molecule has 5 heterocycles. The normalized spacial score (nSPS) is 29.0. The fourth-order valence-electron chi connectivity index (χ4n) is 9.22. The number of thiazole rings is 1. The average Bonchev–Trinajstić information content (AvgIpc) is 4.14. The summed E-state index contributed by atoms with van der Waals surface area (Å²) in [5.74, 6) is -7.27. The summed E-state index contributed by atoms with van der Waals surface area (Å²) in [5.41, 5.74) is 7.86. The third-order valence-electron chi connectivity index (χ3n) is 12.9. The quantitative estimate of drug-likeness (QED) is 0.214. The number of aryl methyl sites for hydroxylation is 1. The van der Waals surface area contributed by atoms with Gasteiger partial charge in [-0.1, -0.05) is 26.8 Å². The van der Waals surface area contributed by atoms with Crippen molar-refractivity contribution >= 4 is 40.0 Å². The number of aromatic nitrogens is 3. The van der Waals surface area contributed by atoms with E-state index in [1.807, 2.05) is 39.1 Å². The number of halogens is 2. The zero-order chi connectivity index (χ0) is 39.5. The first kappa shape index (κ1) is 37.3. The van der Waals surface area contributed by atoms with Gasteiger partial charge in [-0.05, 0) is 75.3 Å². The molecule has 1 spiro atoms. The lowest BCUT2D eigenvalue weighted by molar-refractivity contribution is -0.156. The number of nitrogens with one attached hydrogen (secondary N) is 2. The van der Waals surface area contributed by atoms with Crippen molar-refractivity contribution in [2.24, 2.45) is 29.1 Å². The number of hydrazine groups is 1. The number of nitrogens with zero attached hydrogens (tertiary/aromatic N) is 4. The fourth-order valence-corrected chi connectivity index (χ4v) is 10.3. The van der Waals surface area contributed by atoms with Crippen LogP contribution in [0.3, 0.4) is 0 Å². The van der Waals surface area contributed by atoms with Crippen LogP contribution in [0, 0.1) is 29.1 Å². The summed E-state index contributed by atoms with van der Waals surface area (Å²) < 4.78 is 44.8. The maximum absolute atomic E-state index is 15.4. The molecule has 5 aliphatic rings. The number of rotatable bonds is 6. The third kappa shape index (κ3) is 5.96. The number of methoxy groups -OCH3 is 1. The van der Waals surface area contributed by atoms with Gasteiger partial charge in [0.1, 0.15) is 17.1 Å². The Hall–Kier alpha value is -4.27. The van der Waals surface area contributed by atoms with Gasteiger partial charge in [-0.2, -0.15) is 0 Å². The van der Waals surface area contributed by atoms with Gasteiger partial charge in [0.25, 0.3) is 11.8 Å². The standard InChI is InChI=1S/C42H48F2N6O5S/c1-7-49-30-11-10-23-16-26(30)27(34(49)24-9-8-14-45-32(24)22(3)54-6)17-40(4,5)20-55-38(53)33-31-28(42(31,43)44)18-50(48-33)37(52)35(47-36(51)25-15-21(25)2)41(12-13-41)39-46-29(23)19-56-39/h8-11,14,16,19,21-22,25,28,31,33,35,48H,7,12-13,15,17-18,20H2,1-6H3,(H,47,51). The lowest BCUT2D eigenvalue weighted by Gasteiger charge is -2.36. The molecule has 4 fully saturated rings. The number of carbonyl (C=O) groups is 3. The van der Waals surface area contributed by atoms with Crippen molar-refractivity contribution in [1.29, 1.82) is 0 Å². The number of hydrogen-bond donors (Lipinski definition) is 2. The lowest BCUT2D eigenvalue weighted by atomic mass is 9.84.